The fourth-order valence-electron chi connectivity index (χ4n) is 2.53. The first-order valence-corrected chi connectivity index (χ1v) is 6.80. The smallest absolute Gasteiger partial charge is 0.0682 e. The summed E-state index contributed by atoms with van der Waals surface area (Å²) in [7, 11) is 4.28. The van der Waals surface area contributed by atoms with Gasteiger partial charge in [0.2, 0.25) is 0 Å². The van der Waals surface area contributed by atoms with E-state index >= 15 is 0 Å². The van der Waals surface area contributed by atoms with Crippen molar-refractivity contribution >= 4 is 17.3 Å². The first kappa shape index (κ1) is 13.7. The van der Waals surface area contributed by atoms with Gasteiger partial charge in [-0.3, -0.25) is 0 Å². The molecule has 1 aliphatic heterocycles. The van der Waals surface area contributed by atoms with Gasteiger partial charge < -0.3 is 14.9 Å². The lowest BCUT2D eigenvalue weighted by Gasteiger charge is -2.36. The summed E-state index contributed by atoms with van der Waals surface area (Å²) in [4.78, 5) is 4.64. The highest BCUT2D eigenvalue weighted by Crippen LogP contribution is 2.29. The summed E-state index contributed by atoms with van der Waals surface area (Å²) in [5.41, 5.74) is 1.96. The largest absolute Gasteiger partial charge is 0.392 e. The van der Waals surface area contributed by atoms with Crippen LogP contribution in [0.4, 0.5) is 5.69 Å². The molecule has 0 radical (unpaired) electrons. The lowest BCUT2D eigenvalue weighted by atomic mass is 10.0. The molecule has 0 aromatic heterocycles. The van der Waals surface area contributed by atoms with Crippen LogP contribution in [0.15, 0.2) is 18.2 Å². The zero-order valence-corrected chi connectivity index (χ0v) is 11.8. The second-order valence-electron chi connectivity index (χ2n) is 5.13. The Morgan fingerprint density at radius 1 is 1.33 bits per heavy atom. The summed E-state index contributed by atoms with van der Waals surface area (Å²) in [6.07, 6.45) is 2.34. The van der Waals surface area contributed by atoms with Gasteiger partial charge in [-0.2, -0.15) is 0 Å². The van der Waals surface area contributed by atoms with Crippen molar-refractivity contribution in [2.75, 3.05) is 32.1 Å². The predicted molar refractivity (Wildman–Crippen MR) is 76.3 cm³/mol. The molecule has 1 fully saturated rings. The van der Waals surface area contributed by atoms with Crippen molar-refractivity contribution in [2.24, 2.45) is 0 Å². The summed E-state index contributed by atoms with van der Waals surface area (Å²) in [5.74, 6) is 0. The quantitative estimate of drug-likeness (QED) is 0.912. The molecule has 0 unspecified atom stereocenters. The van der Waals surface area contributed by atoms with E-state index in [1.165, 1.54) is 12.8 Å². The molecule has 100 valence electrons. The van der Waals surface area contributed by atoms with Crippen LogP contribution < -0.4 is 4.90 Å². The van der Waals surface area contributed by atoms with Gasteiger partial charge in [0.15, 0.2) is 0 Å². The summed E-state index contributed by atoms with van der Waals surface area (Å²) < 4.78 is 0. The number of aliphatic hydroxyl groups is 1. The highest BCUT2D eigenvalue weighted by molar-refractivity contribution is 6.33. The Balaban J connectivity index is 2.05. The van der Waals surface area contributed by atoms with E-state index in [-0.39, 0.29) is 6.61 Å². The maximum atomic E-state index is 9.08. The van der Waals surface area contributed by atoms with Crippen molar-refractivity contribution in [1.82, 2.24) is 4.90 Å². The van der Waals surface area contributed by atoms with E-state index < -0.39 is 0 Å². The van der Waals surface area contributed by atoms with Gasteiger partial charge in [-0.05, 0) is 44.6 Å². The highest BCUT2D eigenvalue weighted by atomic mass is 35.5. The fourth-order valence-corrected chi connectivity index (χ4v) is 2.85. The molecule has 4 heteroatoms. The number of halogens is 1. The molecule has 1 heterocycles. The van der Waals surface area contributed by atoms with Crippen LogP contribution in [0, 0.1) is 0 Å². The Morgan fingerprint density at radius 3 is 2.50 bits per heavy atom. The third kappa shape index (κ3) is 2.97. The molecule has 2 rings (SSSR count). The topological polar surface area (TPSA) is 26.7 Å². The van der Waals surface area contributed by atoms with E-state index in [1.807, 2.05) is 18.2 Å². The number of benzene rings is 1. The molecule has 1 aromatic carbocycles. The number of hydrogen-bond acceptors (Lipinski definition) is 3. The molecule has 3 nitrogen and oxygen atoms in total. The number of hydrogen-bond donors (Lipinski definition) is 1. The lowest BCUT2D eigenvalue weighted by molar-refractivity contribution is 0.249. The molecule has 1 aromatic rings. The number of piperidine rings is 1. The Labute approximate surface area is 114 Å². The number of rotatable bonds is 3. The number of anilines is 1. The van der Waals surface area contributed by atoms with E-state index in [4.69, 9.17) is 16.7 Å². The first-order valence-electron chi connectivity index (χ1n) is 6.42. The van der Waals surface area contributed by atoms with Crippen molar-refractivity contribution in [3.8, 4) is 0 Å². The van der Waals surface area contributed by atoms with Crippen LogP contribution in [-0.4, -0.2) is 43.2 Å². The maximum Gasteiger partial charge on any atom is 0.0682 e. The normalized spacial score (nSPS) is 17.5. The van der Waals surface area contributed by atoms with E-state index in [0.717, 1.165) is 29.4 Å². The van der Waals surface area contributed by atoms with E-state index in [1.54, 1.807) is 0 Å². The monoisotopic (exact) mass is 268 g/mol. The molecule has 0 atom stereocenters. The molecule has 0 bridgehead atoms. The van der Waals surface area contributed by atoms with Gasteiger partial charge >= 0.3 is 0 Å². The Bertz CT molecular complexity index is 401. The van der Waals surface area contributed by atoms with E-state index in [2.05, 4.69) is 23.9 Å². The minimum atomic E-state index is 0.0443. The van der Waals surface area contributed by atoms with Crippen LogP contribution in [0.2, 0.25) is 5.02 Å². The average Bonchev–Trinajstić information content (AvgIpc) is 2.38. The molecular weight excluding hydrogens is 248 g/mol. The van der Waals surface area contributed by atoms with Crippen molar-refractivity contribution < 1.29 is 5.11 Å². The van der Waals surface area contributed by atoms with Gasteiger partial charge in [-0.1, -0.05) is 17.7 Å². The Morgan fingerprint density at radius 2 is 2.00 bits per heavy atom. The van der Waals surface area contributed by atoms with Gasteiger partial charge in [0.25, 0.3) is 0 Å². The Kier molecular flexibility index (Phi) is 4.49. The molecule has 1 aliphatic rings. The summed E-state index contributed by atoms with van der Waals surface area (Å²) in [6.45, 7) is 2.13. The average molecular weight is 269 g/mol. The summed E-state index contributed by atoms with van der Waals surface area (Å²) in [6, 6.07) is 6.50. The van der Waals surface area contributed by atoms with Crippen LogP contribution >= 0.6 is 11.6 Å². The highest BCUT2D eigenvalue weighted by Gasteiger charge is 2.21. The SMILES string of the molecule is CN(C)C1CCN(c2ccc(CO)cc2Cl)CC1. The van der Waals surface area contributed by atoms with Crippen LogP contribution in [-0.2, 0) is 6.61 Å². The zero-order valence-electron chi connectivity index (χ0n) is 11.1. The van der Waals surface area contributed by atoms with Gasteiger partial charge in [0.1, 0.15) is 0 Å². The third-order valence-corrected chi connectivity index (χ3v) is 4.03. The van der Waals surface area contributed by atoms with Gasteiger partial charge in [-0.15, -0.1) is 0 Å². The second kappa shape index (κ2) is 5.91. The van der Waals surface area contributed by atoms with Gasteiger partial charge in [0.05, 0.1) is 17.3 Å². The van der Waals surface area contributed by atoms with Crippen molar-refractivity contribution in [3.05, 3.63) is 28.8 Å². The molecule has 1 N–H and O–H groups in total. The minimum Gasteiger partial charge on any atom is -0.392 e. The van der Waals surface area contributed by atoms with Crippen LogP contribution in [0.25, 0.3) is 0 Å². The number of aliphatic hydroxyl groups excluding tert-OH is 1. The zero-order chi connectivity index (χ0) is 13.1. The van der Waals surface area contributed by atoms with Gasteiger partial charge in [0, 0.05) is 19.1 Å². The maximum absolute atomic E-state index is 9.08. The third-order valence-electron chi connectivity index (χ3n) is 3.73. The molecular formula is C14H21ClN2O. The predicted octanol–water partition coefficient (Wildman–Crippen LogP) is 2.36. The van der Waals surface area contributed by atoms with Crippen LogP contribution in [0.1, 0.15) is 18.4 Å². The van der Waals surface area contributed by atoms with Crippen molar-refractivity contribution in [1.29, 1.82) is 0 Å². The van der Waals surface area contributed by atoms with Gasteiger partial charge in [-0.25, -0.2) is 0 Å². The summed E-state index contributed by atoms with van der Waals surface area (Å²) >= 11 is 6.28. The molecule has 1 saturated heterocycles. The summed E-state index contributed by atoms with van der Waals surface area (Å²) in [5, 5.41) is 9.82. The molecule has 18 heavy (non-hydrogen) atoms. The molecule has 0 saturated carbocycles. The van der Waals surface area contributed by atoms with Crippen LogP contribution in [0.3, 0.4) is 0 Å². The fraction of sp³-hybridized carbons (Fsp3) is 0.571. The lowest BCUT2D eigenvalue weighted by Crippen LogP contribution is -2.42. The minimum absolute atomic E-state index is 0.0443. The van der Waals surface area contributed by atoms with E-state index in [9.17, 15) is 0 Å². The molecule has 0 amide bonds. The van der Waals surface area contributed by atoms with Crippen molar-refractivity contribution in [3.63, 3.8) is 0 Å². The second-order valence-corrected chi connectivity index (χ2v) is 5.53. The molecule has 0 aliphatic carbocycles. The van der Waals surface area contributed by atoms with E-state index in [0.29, 0.717) is 6.04 Å². The standard InChI is InChI=1S/C14H21ClN2O/c1-16(2)12-5-7-17(8-6-12)14-4-3-11(10-18)9-13(14)15/h3-4,9,12,18H,5-8,10H2,1-2H3. The van der Waals surface area contributed by atoms with Crippen molar-refractivity contribution in [2.45, 2.75) is 25.5 Å². The Hall–Kier alpha value is -0.770. The number of nitrogens with zero attached hydrogens (tertiary/aromatic N) is 2. The van der Waals surface area contributed by atoms with Crippen LogP contribution in [0.5, 0.6) is 0 Å². The first-order chi connectivity index (χ1) is 8.61. The molecule has 0 spiro atoms.